The van der Waals surface area contributed by atoms with Crippen LogP contribution in [0.2, 0.25) is 0 Å². The van der Waals surface area contributed by atoms with Gasteiger partial charge in [-0.05, 0) is 35.1 Å². The molecule has 3 heteroatoms. The smallest absolute Gasteiger partial charge is 0.325 e. The molecule has 0 N–H and O–H groups in total. The van der Waals surface area contributed by atoms with Gasteiger partial charge in [-0.2, -0.15) is 0 Å². The molecule has 0 saturated carbocycles. The zero-order valence-corrected chi connectivity index (χ0v) is 10.4. The standard InChI is InChI=1S/C14H17NO2/c1-10(2)11-4-5-13-12(8-11)6-7-15(13)9-14(16)17-3/h4-8,10H,9H2,1-3H3. The fourth-order valence-corrected chi connectivity index (χ4v) is 1.92. The van der Waals surface area contributed by atoms with Gasteiger partial charge < -0.3 is 9.30 Å². The van der Waals surface area contributed by atoms with Gasteiger partial charge in [-0.25, -0.2) is 0 Å². The van der Waals surface area contributed by atoms with E-state index in [4.69, 9.17) is 0 Å². The van der Waals surface area contributed by atoms with Crippen LogP contribution in [0.15, 0.2) is 30.5 Å². The van der Waals surface area contributed by atoms with E-state index in [-0.39, 0.29) is 12.5 Å². The number of rotatable bonds is 3. The Hall–Kier alpha value is -1.77. The summed E-state index contributed by atoms with van der Waals surface area (Å²) in [5.74, 6) is 0.291. The molecule has 0 spiro atoms. The topological polar surface area (TPSA) is 31.2 Å². The number of fused-ring (bicyclic) bond motifs is 1. The third-order valence-corrected chi connectivity index (χ3v) is 2.99. The molecule has 3 nitrogen and oxygen atoms in total. The molecule has 1 aromatic heterocycles. The van der Waals surface area contributed by atoms with E-state index in [9.17, 15) is 4.79 Å². The normalized spacial score (nSPS) is 11.1. The van der Waals surface area contributed by atoms with E-state index in [1.54, 1.807) is 0 Å². The number of nitrogens with zero attached hydrogens (tertiary/aromatic N) is 1. The Morgan fingerprint density at radius 3 is 2.76 bits per heavy atom. The first kappa shape index (κ1) is 11.7. The highest BCUT2D eigenvalue weighted by molar-refractivity contribution is 5.82. The average Bonchev–Trinajstić information content (AvgIpc) is 2.71. The van der Waals surface area contributed by atoms with Crippen molar-refractivity contribution in [2.75, 3.05) is 7.11 Å². The fraction of sp³-hybridized carbons (Fsp3) is 0.357. The van der Waals surface area contributed by atoms with Crippen LogP contribution in [-0.2, 0) is 16.1 Å². The van der Waals surface area contributed by atoms with E-state index >= 15 is 0 Å². The minimum atomic E-state index is -0.226. The molecule has 0 bridgehead atoms. The highest BCUT2D eigenvalue weighted by Gasteiger charge is 2.07. The summed E-state index contributed by atoms with van der Waals surface area (Å²) in [7, 11) is 1.41. The summed E-state index contributed by atoms with van der Waals surface area (Å²) in [6, 6.07) is 8.38. The molecule has 0 aliphatic heterocycles. The van der Waals surface area contributed by atoms with Crippen molar-refractivity contribution >= 4 is 16.9 Å². The first-order chi connectivity index (χ1) is 8.11. The quantitative estimate of drug-likeness (QED) is 0.760. The van der Waals surface area contributed by atoms with Crippen LogP contribution in [0.4, 0.5) is 0 Å². The van der Waals surface area contributed by atoms with Crippen LogP contribution in [0.3, 0.4) is 0 Å². The Morgan fingerprint density at radius 1 is 1.35 bits per heavy atom. The minimum absolute atomic E-state index is 0.226. The van der Waals surface area contributed by atoms with E-state index in [0.717, 1.165) is 5.52 Å². The summed E-state index contributed by atoms with van der Waals surface area (Å²) < 4.78 is 6.58. The molecule has 0 saturated heterocycles. The third kappa shape index (κ3) is 2.33. The maximum atomic E-state index is 11.3. The lowest BCUT2D eigenvalue weighted by atomic mass is 10.0. The van der Waals surface area contributed by atoms with E-state index in [0.29, 0.717) is 5.92 Å². The molecular weight excluding hydrogens is 214 g/mol. The largest absolute Gasteiger partial charge is 0.468 e. The first-order valence-electron chi connectivity index (χ1n) is 5.77. The number of benzene rings is 1. The molecule has 1 heterocycles. The molecule has 0 atom stereocenters. The van der Waals surface area contributed by atoms with Crippen LogP contribution in [0.5, 0.6) is 0 Å². The van der Waals surface area contributed by atoms with Crippen molar-refractivity contribution in [3.05, 3.63) is 36.0 Å². The van der Waals surface area contributed by atoms with E-state index in [2.05, 4.69) is 36.8 Å². The second-order valence-corrected chi connectivity index (χ2v) is 4.49. The fourth-order valence-electron chi connectivity index (χ4n) is 1.92. The van der Waals surface area contributed by atoms with Gasteiger partial charge in [0.25, 0.3) is 0 Å². The Kier molecular flexibility index (Phi) is 3.18. The number of hydrogen-bond donors (Lipinski definition) is 0. The zero-order valence-electron chi connectivity index (χ0n) is 10.4. The molecule has 0 radical (unpaired) electrons. The van der Waals surface area contributed by atoms with Gasteiger partial charge in [0, 0.05) is 11.7 Å². The Morgan fingerprint density at radius 2 is 2.12 bits per heavy atom. The van der Waals surface area contributed by atoms with Crippen LogP contribution in [0.25, 0.3) is 10.9 Å². The maximum Gasteiger partial charge on any atom is 0.325 e. The molecule has 0 aliphatic carbocycles. The first-order valence-corrected chi connectivity index (χ1v) is 5.77. The van der Waals surface area contributed by atoms with E-state index in [1.165, 1.54) is 18.1 Å². The lowest BCUT2D eigenvalue weighted by Gasteiger charge is -2.07. The van der Waals surface area contributed by atoms with Gasteiger partial charge in [0.05, 0.1) is 7.11 Å². The Bertz CT molecular complexity index is 540. The Balaban J connectivity index is 2.38. The minimum Gasteiger partial charge on any atom is -0.468 e. The van der Waals surface area contributed by atoms with E-state index in [1.807, 2.05) is 16.8 Å². The molecule has 17 heavy (non-hydrogen) atoms. The SMILES string of the molecule is COC(=O)Cn1ccc2cc(C(C)C)ccc21. The lowest BCUT2D eigenvalue weighted by Crippen LogP contribution is -2.10. The summed E-state index contributed by atoms with van der Waals surface area (Å²) in [5.41, 5.74) is 2.38. The van der Waals surface area contributed by atoms with Gasteiger partial charge in [0.2, 0.25) is 0 Å². The predicted molar refractivity (Wildman–Crippen MR) is 68.0 cm³/mol. The van der Waals surface area contributed by atoms with Crippen LogP contribution in [0.1, 0.15) is 25.3 Å². The van der Waals surface area contributed by atoms with Gasteiger partial charge in [-0.3, -0.25) is 4.79 Å². The van der Waals surface area contributed by atoms with Gasteiger partial charge in [0.15, 0.2) is 0 Å². The monoisotopic (exact) mass is 231 g/mol. The zero-order chi connectivity index (χ0) is 12.4. The molecule has 2 rings (SSSR count). The highest BCUT2D eigenvalue weighted by atomic mass is 16.5. The molecular formula is C14H17NO2. The van der Waals surface area contributed by atoms with Crippen molar-refractivity contribution in [1.82, 2.24) is 4.57 Å². The lowest BCUT2D eigenvalue weighted by molar-refractivity contribution is -0.141. The van der Waals surface area contributed by atoms with Crippen molar-refractivity contribution in [1.29, 1.82) is 0 Å². The molecule has 0 unspecified atom stereocenters. The number of aromatic nitrogens is 1. The second kappa shape index (κ2) is 4.62. The average molecular weight is 231 g/mol. The van der Waals surface area contributed by atoms with Crippen LogP contribution < -0.4 is 0 Å². The van der Waals surface area contributed by atoms with Gasteiger partial charge in [-0.15, -0.1) is 0 Å². The molecule has 0 amide bonds. The summed E-state index contributed by atoms with van der Waals surface area (Å²) in [6.45, 7) is 4.61. The van der Waals surface area contributed by atoms with Crippen LogP contribution in [-0.4, -0.2) is 17.6 Å². The van der Waals surface area contributed by atoms with E-state index < -0.39 is 0 Å². The van der Waals surface area contributed by atoms with Crippen molar-refractivity contribution in [2.24, 2.45) is 0 Å². The van der Waals surface area contributed by atoms with Gasteiger partial charge >= 0.3 is 5.97 Å². The molecule has 90 valence electrons. The predicted octanol–water partition coefficient (Wildman–Crippen LogP) is 2.94. The van der Waals surface area contributed by atoms with Crippen molar-refractivity contribution < 1.29 is 9.53 Å². The number of methoxy groups -OCH3 is 1. The van der Waals surface area contributed by atoms with Crippen LogP contribution in [0, 0.1) is 0 Å². The third-order valence-electron chi connectivity index (χ3n) is 2.99. The Labute approximate surface area is 101 Å². The number of carbonyl (C=O) groups excluding carboxylic acids is 1. The second-order valence-electron chi connectivity index (χ2n) is 4.49. The molecule has 1 aromatic carbocycles. The molecule has 0 aliphatic rings. The van der Waals surface area contributed by atoms with Crippen molar-refractivity contribution in [3.8, 4) is 0 Å². The summed E-state index contributed by atoms with van der Waals surface area (Å²) in [5, 5.41) is 1.17. The summed E-state index contributed by atoms with van der Waals surface area (Å²) in [6.07, 6.45) is 1.92. The van der Waals surface area contributed by atoms with Gasteiger partial charge in [0.1, 0.15) is 6.54 Å². The van der Waals surface area contributed by atoms with Crippen LogP contribution >= 0.6 is 0 Å². The number of hydrogen-bond acceptors (Lipinski definition) is 2. The van der Waals surface area contributed by atoms with Crippen molar-refractivity contribution in [3.63, 3.8) is 0 Å². The maximum absolute atomic E-state index is 11.3. The van der Waals surface area contributed by atoms with Gasteiger partial charge in [-0.1, -0.05) is 19.9 Å². The summed E-state index contributed by atoms with van der Waals surface area (Å²) in [4.78, 5) is 11.3. The highest BCUT2D eigenvalue weighted by Crippen LogP contribution is 2.22. The summed E-state index contributed by atoms with van der Waals surface area (Å²) >= 11 is 0. The van der Waals surface area contributed by atoms with Crippen molar-refractivity contribution in [2.45, 2.75) is 26.3 Å². The number of esters is 1. The molecule has 0 fully saturated rings. The number of carbonyl (C=O) groups is 1. The number of ether oxygens (including phenoxy) is 1. The molecule has 2 aromatic rings.